The molecular formula is C13H14BrClN4O. The highest BCUT2D eigenvalue weighted by atomic mass is 79.9. The smallest absolute Gasteiger partial charge is 0.150 e. The second-order valence-corrected chi connectivity index (χ2v) is 5.09. The van der Waals surface area contributed by atoms with Gasteiger partial charge in [-0.25, -0.2) is 9.97 Å². The lowest BCUT2D eigenvalue weighted by Crippen LogP contribution is -2.04. The molecule has 20 heavy (non-hydrogen) atoms. The standard InChI is InChI=1S/C13H14BrClN4O/c1-3-16-12-11(14)13(18-7-17-12)19-10-6-8(20-2)4-5-9(10)15/h4-7H,3H2,1-2H3,(H2,16,17,18,19). The van der Waals surface area contributed by atoms with Crippen molar-refractivity contribution in [1.29, 1.82) is 0 Å². The molecule has 0 unspecified atom stereocenters. The molecule has 2 aromatic rings. The van der Waals surface area contributed by atoms with Crippen molar-refractivity contribution < 1.29 is 4.74 Å². The van der Waals surface area contributed by atoms with Gasteiger partial charge in [-0.1, -0.05) is 11.6 Å². The maximum Gasteiger partial charge on any atom is 0.150 e. The topological polar surface area (TPSA) is 59.1 Å². The molecule has 0 saturated carbocycles. The lowest BCUT2D eigenvalue weighted by molar-refractivity contribution is 0.415. The van der Waals surface area contributed by atoms with E-state index in [2.05, 4.69) is 36.5 Å². The molecule has 7 heteroatoms. The Morgan fingerprint density at radius 1 is 1.30 bits per heavy atom. The van der Waals surface area contributed by atoms with Crippen molar-refractivity contribution >= 4 is 44.9 Å². The van der Waals surface area contributed by atoms with Crippen molar-refractivity contribution in [3.8, 4) is 5.75 Å². The predicted octanol–water partition coefficient (Wildman–Crippen LogP) is 4.08. The van der Waals surface area contributed by atoms with Crippen LogP contribution >= 0.6 is 27.5 Å². The highest BCUT2D eigenvalue weighted by molar-refractivity contribution is 9.10. The molecule has 0 aliphatic carbocycles. The van der Waals surface area contributed by atoms with Gasteiger partial charge >= 0.3 is 0 Å². The number of anilines is 3. The zero-order valence-corrected chi connectivity index (χ0v) is 13.4. The molecule has 0 bridgehead atoms. The van der Waals surface area contributed by atoms with Gasteiger partial charge in [-0.15, -0.1) is 0 Å². The first-order chi connectivity index (χ1) is 9.65. The summed E-state index contributed by atoms with van der Waals surface area (Å²) in [4.78, 5) is 8.36. The van der Waals surface area contributed by atoms with E-state index in [1.54, 1.807) is 19.2 Å². The van der Waals surface area contributed by atoms with Gasteiger partial charge in [-0.2, -0.15) is 0 Å². The van der Waals surface area contributed by atoms with E-state index in [0.29, 0.717) is 22.3 Å². The van der Waals surface area contributed by atoms with E-state index in [1.807, 2.05) is 13.0 Å². The molecule has 0 atom stereocenters. The van der Waals surface area contributed by atoms with Gasteiger partial charge in [0.2, 0.25) is 0 Å². The first kappa shape index (κ1) is 14.9. The number of nitrogens with one attached hydrogen (secondary N) is 2. The number of aromatic nitrogens is 2. The summed E-state index contributed by atoms with van der Waals surface area (Å²) >= 11 is 9.64. The monoisotopic (exact) mass is 356 g/mol. The zero-order valence-electron chi connectivity index (χ0n) is 11.1. The number of hydrogen-bond acceptors (Lipinski definition) is 5. The first-order valence-corrected chi connectivity index (χ1v) is 7.17. The molecule has 2 N–H and O–H groups in total. The normalized spacial score (nSPS) is 10.2. The summed E-state index contributed by atoms with van der Waals surface area (Å²) in [5.74, 6) is 2.07. The zero-order chi connectivity index (χ0) is 14.5. The van der Waals surface area contributed by atoms with Gasteiger partial charge in [0.05, 0.1) is 17.8 Å². The molecular weight excluding hydrogens is 344 g/mol. The van der Waals surface area contributed by atoms with Crippen molar-refractivity contribution in [2.45, 2.75) is 6.92 Å². The Bertz CT molecular complexity index is 609. The molecule has 0 fully saturated rings. The van der Waals surface area contributed by atoms with Gasteiger partial charge in [0.15, 0.2) is 0 Å². The second-order valence-electron chi connectivity index (χ2n) is 3.89. The molecule has 1 aromatic heterocycles. The van der Waals surface area contributed by atoms with E-state index < -0.39 is 0 Å². The van der Waals surface area contributed by atoms with Crippen molar-refractivity contribution in [3.05, 3.63) is 34.0 Å². The number of hydrogen-bond donors (Lipinski definition) is 2. The number of nitrogens with zero attached hydrogens (tertiary/aromatic N) is 2. The summed E-state index contributed by atoms with van der Waals surface area (Å²) in [6, 6.07) is 5.37. The van der Waals surface area contributed by atoms with E-state index in [4.69, 9.17) is 16.3 Å². The van der Waals surface area contributed by atoms with Crippen molar-refractivity contribution in [3.63, 3.8) is 0 Å². The lowest BCUT2D eigenvalue weighted by atomic mass is 10.3. The van der Waals surface area contributed by atoms with Crippen LogP contribution in [0.15, 0.2) is 29.0 Å². The van der Waals surface area contributed by atoms with Crippen molar-refractivity contribution in [1.82, 2.24) is 9.97 Å². The van der Waals surface area contributed by atoms with Crippen LogP contribution in [-0.4, -0.2) is 23.6 Å². The van der Waals surface area contributed by atoms with Crippen molar-refractivity contribution in [2.24, 2.45) is 0 Å². The predicted molar refractivity (Wildman–Crippen MR) is 85.2 cm³/mol. The molecule has 2 rings (SSSR count). The van der Waals surface area contributed by atoms with Crippen LogP contribution in [0.5, 0.6) is 5.75 Å². The maximum absolute atomic E-state index is 6.16. The van der Waals surface area contributed by atoms with Crippen LogP contribution in [0.4, 0.5) is 17.3 Å². The number of rotatable bonds is 5. The van der Waals surface area contributed by atoms with Gasteiger partial charge < -0.3 is 15.4 Å². The quantitative estimate of drug-likeness (QED) is 0.844. The first-order valence-electron chi connectivity index (χ1n) is 6.00. The Morgan fingerprint density at radius 3 is 2.75 bits per heavy atom. The van der Waals surface area contributed by atoms with Crippen LogP contribution in [0.25, 0.3) is 0 Å². The molecule has 5 nitrogen and oxygen atoms in total. The average molecular weight is 358 g/mol. The Kier molecular flexibility index (Phi) is 5.03. The fourth-order valence-corrected chi connectivity index (χ4v) is 2.21. The molecule has 106 valence electrons. The van der Waals surface area contributed by atoms with Crippen molar-refractivity contribution in [2.75, 3.05) is 24.3 Å². The molecule has 0 aliphatic heterocycles. The van der Waals surface area contributed by atoms with Crippen LogP contribution in [0.2, 0.25) is 5.02 Å². The Labute approximate surface area is 130 Å². The average Bonchev–Trinajstić information content (AvgIpc) is 2.45. The minimum absolute atomic E-state index is 0.585. The number of ether oxygens (including phenoxy) is 1. The van der Waals surface area contributed by atoms with E-state index in [1.165, 1.54) is 6.33 Å². The van der Waals surface area contributed by atoms with Gasteiger partial charge in [-0.05, 0) is 35.0 Å². The minimum atomic E-state index is 0.585. The number of halogens is 2. The highest BCUT2D eigenvalue weighted by Crippen LogP contribution is 2.33. The Hall–Kier alpha value is -1.53. The molecule has 0 aliphatic rings. The molecule has 0 saturated heterocycles. The highest BCUT2D eigenvalue weighted by Gasteiger charge is 2.10. The number of methoxy groups -OCH3 is 1. The summed E-state index contributed by atoms with van der Waals surface area (Å²) in [7, 11) is 1.61. The van der Waals surface area contributed by atoms with E-state index in [-0.39, 0.29) is 0 Å². The summed E-state index contributed by atoms with van der Waals surface area (Å²) in [5, 5.41) is 6.89. The van der Waals surface area contributed by atoms with Crippen LogP contribution in [0.3, 0.4) is 0 Å². The van der Waals surface area contributed by atoms with E-state index >= 15 is 0 Å². The third-order valence-electron chi connectivity index (χ3n) is 2.56. The van der Waals surface area contributed by atoms with Crippen LogP contribution in [0.1, 0.15) is 6.92 Å². The maximum atomic E-state index is 6.16. The van der Waals surface area contributed by atoms with E-state index in [0.717, 1.165) is 16.8 Å². The van der Waals surface area contributed by atoms with Crippen LogP contribution in [-0.2, 0) is 0 Å². The molecule has 1 aromatic carbocycles. The summed E-state index contributed by atoms with van der Waals surface area (Å²) < 4.78 is 5.94. The number of benzene rings is 1. The fourth-order valence-electron chi connectivity index (χ4n) is 1.60. The third-order valence-corrected chi connectivity index (χ3v) is 3.64. The molecule has 0 spiro atoms. The summed E-state index contributed by atoms with van der Waals surface area (Å²) in [5.41, 5.74) is 0.716. The SMILES string of the molecule is CCNc1ncnc(Nc2cc(OC)ccc2Cl)c1Br. The van der Waals surface area contributed by atoms with Crippen LogP contribution < -0.4 is 15.4 Å². The third kappa shape index (κ3) is 3.32. The lowest BCUT2D eigenvalue weighted by Gasteiger charge is -2.12. The second kappa shape index (κ2) is 6.76. The van der Waals surface area contributed by atoms with Gasteiger partial charge in [0, 0.05) is 12.6 Å². The Balaban J connectivity index is 2.32. The largest absolute Gasteiger partial charge is 0.497 e. The van der Waals surface area contributed by atoms with Gasteiger partial charge in [0.25, 0.3) is 0 Å². The van der Waals surface area contributed by atoms with E-state index in [9.17, 15) is 0 Å². The molecule has 1 heterocycles. The fraction of sp³-hybridized carbons (Fsp3) is 0.231. The Morgan fingerprint density at radius 2 is 2.05 bits per heavy atom. The minimum Gasteiger partial charge on any atom is -0.497 e. The van der Waals surface area contributed by atoms with Crippen LogP contribution in [0, 0.1) is 0 Å². The summed E-state index contributed by atoms with van der Waals surface area (Å²) in [6.45, 7) is 2.77. The summed E-state index contributed by atoms with van der Waals surface area (Å²) in [6.07, 6.45) is 1.49. The van der Waals surface area contributed by atoms with Gasteiger partial charge in [-0.3, -0.25) is 0 Å². The molecule has 0 radical (unpaired) electrons. The molecule has 0 amide bonds. The van der Waals surface area contributed by atoms with Gasteiger partial charge in [0.1, 0.15) is 28.2 Å².